The number of benzene rings is 1. The van der Waals surface area contributed by atoms with Gasteiger partial charge in [-0.15, -0.1) is 0 Å². The van der Waals surface area contributed by atoms with Gasteiger partial charge in [-0.3, -0.25) is 14.5 Å². The van der Waals surface area contributed by atoms with Crippen LogP contribution >= 0.6 is 0 Å². The molecule has 1 aliphatic carbocycles. The Balaban J connectivity index is 1.49. The van der Waals surface area contributed by atoms with E-state index >= 15 is 0 Å². The van der Waals surface area contributed by atoms with Crippen LogP contribution in [0, 0.1) is 0 Å². The molecule has 158 valence electrons. The summed E-state index contributed by atoms with van der Waals surface area (Å²) in [7, 11) is -3.74. The fraction of sp³-hybridized carbons (Fsp3) is 0.526. The molecule has 1 aromatic carbocycles. The molecule has 29 heavy (non-hydrogen) atoms. The maximum Gasteiger partial charge on any atom is 0.324 e. The van der Waals surface area contributed by atoms with E-state index in [1.807, 2.05) is 6.07 Å². The Morgan fingerprint density at radius 3 is 2.66 bits per heavy atom. The van der Waals surface area contributed by atoms with Crippen molar-refractivity contribution in [2.24, 2.45) is 0 Å². The number of nitrogens with one attached hydrogen (secondary N) is 2. The number of sulfonamides is 1. The summed E-state index contributed by atoms with van der Waals surface area (Å²) in [6.07, 6.45) is 2.64. The van der Waals surface area contributed by atoms with E-state index in [0.29, 0.717) is 6.54 Å². The van der Waals surface area contributed by atoms with Gasteiger partial charge in [-0.1, -0.05) is 6.07 Å². The number of urea groups is 1. The van der Waals surface area contributed by atoms with Crippen LogP contribution in [-0.4, -0.2) is 57.0 Å². The van der Waals surface area contributed by atoms with Crippen molar-refractivity contribution >= 4 is 27.9 Å². The smallest absolute Gasteiger partial charge is 0.324 e. The number of fused-ring (bicyclic) bond motifs is 1. The van der Waals surface area contributed by atoms with Crippen molar-refractivity contribution < 1.29 is 27.5 Å². The first kappa shape index (κ1) is 21.3. The van der Waals surface area contributed by atoms with Crippen LogP contribution in [0.3, 0.4) is 0 Å². The van der Waals surface area contributed by atoms with E-state index in [1.165, 1.54) is 12.5 Å². The molecule has 0 radical (unpaired) electrons. The minimum absolute atomic E-state index is 0.149. The summed E-state index contributed by atoms with van der Waals surface area (Å²) < 4.78 is 32.4. The number of carbonyl (C=O) groups excluding carboxylic acids is 3. The van der Waals surface area contributed by atoms with Gasteiger partial charge in [0.25, 0.3) is 5.91 Å². The fourth-order valence-corrected chi connectivity index (χ4v) is 4.54. The highest BCUT2D eigenvalue weighted by molar-refractivity contribution is 7.89. The number of nitrogens with zero attached hydrogens (tertiary/aromatic N) is 1. The quantitative estimate of drug-likeness (QED) is 0.623. The third-order valence-electron chi connectivity index (χ3n) is 5.03. The monoisotopic (exact) mass is 423 g/mol. The van der Waals surface area contributed by atoms with Crippen LogP contribution < -0.4 is 10.0 Å². The SMILES string of the molecule is C[C@H](OC(=O)CCNS(=O)(=O)c1ccc2c(c1)CCCC2)C(=O)N1CCNC1=O. The van der Waals surface area contributed by atoms with Gasteiger partial charge in [0.15, 0.2) is 6.10 Å². The summed E-state index contributed by atoms with van der Waals surface area (Å²) in [5.74, 6) is -1.33. The summed E-state index contributed by atoms with van der Waals surface area (Å²) in [5.41, 5.74) is 2.24. The molecule has 2 N–H and O–H groups in total. The van der Waals surface area contributed by atoms with Crippen LogP contribution in [0.4, 0.5) is 4.79 Å². The molecular formula is C19H25N3O6S. The number of hydrogen-bond donors (Lipinski definition) is 2. The Morgan fingerprint density at radius 2 is 1.97 bits per heavy atom. The second-order valence-corrected chi connectivity index (χ2v) is 8.91. The summed E-state index contributed by atoms with van der Waals surface area (Å²) in [6, 6.07) is 4.60. The summed E-state index contributed by atoms with van der Waals surface area (Å²) in [5, 5.41) is 2.49. The van der Waals surface area contributed by atoms with Gasteiger partial charge in [-0.2, -0.15) is 0 Å². The highest BCUT2D eigenvalue weighted by Crippen LogP contribution is 2.24. The zero-order chi connectivity index (χ0) is 21.0. The maximum atomic E-state index is 12.5. The molecule has 1 aliphatic heterocycles. The van der Waals surface area contributed by atoms with Gasteiger partial charge in [-0.25, -0.2) is 17.9 Å². The highest BCUT2D eigenvalue weighted by Gasteiger charge is 2.31. The van der Waals surface area contributed by atoms with Gasteiger partial charge in [0.2, 0.25) is 10.0 Å². The standard InChI is InChI=1S/C19H25N3O6S/c1-13(18(24)22-11-10-20-19(22)25)28-17(23)8-9-21-29(26,27)16-7-6-14-4-2-3-5-15(14)12-16/h6-7,12-13,21H,2-5,8-11H2,1H3,(H,20,25)/t13-/m0/s1. The second kappa shape index (κ2) is 8.91. The van der Waals surface area contributed by atoms with Crippen molar-refractivity contribution in [1.82, 2.24) is 14.9 Å². The molecule has 0 unspecified atom stereocenters. The molecule has 1 heterocycles. The average molecular weight is 423 g/mol. The first-order valence-electron chi connectivity index (χ1n) is 9.68. The number of imide groups is 1. The number of rotatable bonds is 7. The predicted octanol–water partition coefficient (Wildman–Crippen LogP) is 0.717. The molecule has 0 bridgehead atoms. The lowest BCUT2D eigenvalue weighted by Crippen LogP contribution is -2.42. The van der Waals surface area contributed by atoms with Crippen LogP contribution in [0.5, 0.6) is 0 Å². The van der Waals surface area contributed by atoms with Gasteiger partial charge in [0.05, 0.1) is 11.3 Å². The summed E-state index contributed by atoms with van der Waals surface area (Å²) >= 11 is 0. The third kappa shape index (κ3) is 5.13. The Kier molecular flexibility index (Phi) is 6.53. The largest absolute Gasteiger partial charge is 0.452 e. The second-order valence-electron chi connectivity index (χ2n) is 7.14. The first-order valence-corrected chi connectivity index (χ1v) is 11.2. The number of carbonyl (C=O) groups is 3. The fourth-order valence-electron chi connectivity index (χ4n) is 3.46. The minimum Gasteiger partial charge on any atom is -0.452 e. The number of ether oxygens (including phenoxy) is 1. The van der Waals surface area contributed by atoms with E-state index in [1.54, 1.807) is 12.1 Å². The zero-order valence-electron chi connectivity index (χ0n) is 16.3. The lowest BCUT2D eigenvalue weighted by Gasteiger charge is -2.18. The van der Waals surface area contributed by atoms with Crippen LogP contribution in [0.25, 0.3) is 0 Å². The molecular weight excluding hydrogens is 398 g/mol. The highest BCUT2D eigenvalue weighted by atomic mass is 32.2. The van der Waals surface area contributed by atoms with Crippen molar-refractivity contribution in [3.63, 3.8) is 0 Å². The van der Waals surface area contributed by atoms with E-state index in [-0.39, 0.29) is 24.4 Å². The predicted molar refractivity (Wildman–Crippen MR) is 104 cm³/mol. The lowest BCUT2D eigenvalue weighted by molar-refractivity contribution is -0.157. The van der Waals surface area contributed by atoms with Crippen molar-refractivity contribution in [2.45, 2.75) is 50.0 Å². The van der Waals surface area contributed by atoms with E-state index in [4.69, 9.17) is 4.74 Å². The average Bonchev–Trinajstić information content (AvgIpc) is 3.12. The summed E-state index contributed by atoms with van der Waals surface area (Å²) in [4.78, 5) is 36.7. The molecule has 2 aliphatic rings. The number of hydrogen-bond acceptors (Lipinski definition) is 6. The first-order chi connectivity index (χ1) is 13.8. The van der Waals surface area contributed by atoms with Crippen molar-refractivity contribution in [3.8, 4) is 0 Å². The lowest BCUT2D eigenvalue weighted by atomic mass is 9.92. The normalized spacial score (nSPS) is 17.4. The number of esters is 1. The number of aryl methyl sites for hydroxylation is 2. The molecule has 1 saturated heterocycles. The van der Waals surface area contributed by atoms with Gasteiger partial charge in [-0.05, 0) is 55.9 Å². The van der Waals surface area contributed by atoms with Crippen LogP contribution in [-0.2, 0) is 37.2 Å². The van der Waals surface area contributed by atoms with E-state index in [9.17, 15) is 22.8 Å². The Bertz CT molecular complexity index is 915. The summed E-state index contributed by atoms with van der Waals surface area (Å²) in [6.45, 7) is 1.81. The van der Waals surface area contributed by atoms with Gasteiger partial charge < -0.3 is 10.1 Å². The van der Waals surface area contributed by atoms with Gasteiger partial charge >= 0.3 is 12.0 Å². The molecule has 0 saturated carbocycles. The molecule has 0 aromatic heterocycles. The Labute approximate surface area is 169 Å². The molecule has 9 nitrogen and oxygen atoms in total. The Hall–Kier alpha value is -2.46. The zero-order valence-corrected chi connectivity index (χ0v) is 17.1. The number of amides is 3. The van der Waals surface area contributed by atoms with Crippen molar-refractivity contribution in [2.75, 3.05) is 19.6 Å². The van der Waals surface area contributed by atoms with Crippen molar-refractivity contribution in [1.29, 1.82) is 0 Å². The Morgan fingerprint density at radius 1 is 1.24 bits per heavy atom. The molecule has 1 fully saturated rings. The van der Waals surface area contributed by atoms with Crippen LogP contribution in [0.15, 0.2) is 23.1 Å². The molecule has 1 atom stereocenters. The minimum atomic E-state index is -3.74. The molecule has 3 rings (SSSR count). The van der Waals surface area contributed by atoms with E-state index < -0.39 is 34.0 Å². The van der Waals surface area contributed by atoms with Crippen LogP contribution in [0.1, 0.15) is 37.3 Å². The van der Waals surface area contributed by atoms with Crippen LogP contribution in [0.2, 0.25) is 0 Å². The van der Waals surface area contributed by atoms with Gasteiger partial charge in [0, 0.05) is 19.6 Å². The third-order valence-corrected chi connectivity index (χ3v) is 6.49. The maximum absolute atomic E-state index is 12.5. The van der Waals surface area contributed by atoms with E-state index in [0.717, 1.165) is 36.1 Å². The van der Waals surface area contributed by atoms with Crippen molar-refractivity contribution in [3.05, 3.63) is 29.3 Å². The molecule has 0 spiro atoms. The molecule has 1 aromatic rings. The van der Waals surface area contributed by atoms with E-state index in [2.05, 4.69) is 10.0 Å². The topological polar surface area (TPSA) is 122 Å². The molecule has 10 heteroatoms. The van der Waals surface area contributed by atoms with Gasteiger partial charge in [0.1, 0.15) is 0 Å². The molecule has 3 amide bonds.